The van der Waals surface area contributed by atoms with E-state index >= 15 is 0 Å². The molecule has 0 saturated carbocycles. The first-order valence-corrected chi connectivity index (χ1v) is 6.09. The molecule has 1 aromatic rings. The second kappa shape index (κ2) is 3.35. The lowest BCUT2D eigenvalue weighted by atomic mass is 10.5. The summed E-state index contributed by atoms with van der Waals surface area (Å²) in [6.07, 6.45) is 1.04. The summed E-state index contributed by atoms with van der Waals surface area (Å²) in [5, 5.41) is 9.04. The molecule has 1 rings (SSSR count). The van der Waals surface area contributed by atoms with Crippen molar-refractivity contribution in [2.45, 2.75) is 4.90 Å². The third kappa shape index (κ3) is 2.20. The number of aromatic nitrogens is 1. The minimum absolute atomic E-state index is 0.316. The van der Waals surface area contributed by atoms with Crippen LogP contribution < -0.4 is 0 Å². The molecule has 66 valence electrons. The molecule has 12 heavy (non-hydrogen) atoms. The standard InChI is InChI=1S/C5H3ClINO3S/c6-12(10,11)4-1-5(7)8-2-3(4)9/h1-2,9H. The molecule has 0 saturated heterocycles. The largest absolute Gasteiger partial charge is 0.505 e. The lowest BCUT2D eigenvalue weighted by molar-refractivity contribution is 0.456. The molecule has 0 radical (unpaired) electrons. The van der Waals surface area contributed by atoms with Crippen LogP contribution in [0.5, 0.6) is 5.75 Å². The van der Waals surface area contributed by atoms with Gasteiger partial charge in [-0.05, 0) is 28.7 Å². The van der Waals surface area contributed by atoms with Gasteiger partial charge in [0.25, 0.3) is 9.05 Å². The van der Waals surface area contributed by atoms with Crippen LogP contribution in [-0.2, 0) is 9.05 Å². The topological polar surface area (TPSA) is 67.3 Å². The highest BCUT2D eigenvalue weighted by Gasteiger charge is 2.15. The fraction of sp³-hybridized carbons (Fsp3) is 0. The molecule has 0 bridgehead atoms. The predicted octanol–water partition coefficient (Wildman–Crippen LogP) is 1.32. The van der Waals surface area contributed by atoms with E-state index in [2.05, 4.69) is 4.98 Å². The molecule has 0 amide bonds. The van der Waals surface area contributed by atoms with Crippen molar-refractivity contribution in [3.8, 4) is 5.75 Å². The van der Waals surface area contributed by atoms with Crippen molar-refractivity contribution in [3.05, 3.63) is 16.0 Å². The van der Waals surface area contributed by atoms with Gasteiger partial charge in [0.15, 0.2) is 5.75 Å². The first-order chi connectivity index (χ1) is 5.41. The second-order valence-corrected chi connectivity index (χ2v) is 5.55. The lowest BCUT2D eigenvalue weighted by Crippen LogP contribution is -1.93. The summed E-state index contributed by atoms with van der Waals surface area (Å²) >= 11 is 1.82. The van der Waals surface area contributed by atoms with E-state index in [1.807, 2.05) is 22.6 Å². The molecule has 1 aromatic heterocycles. The van der Waals surface area contributed by atoms with Gasteiger partial charge in [0.2, 0.25) is 0 Å². The molecule has 0 aliphatic heterocycles. The third-order valence-corrected chi connectivity index (χ3v) is 3.02. The number of nitrogens with zero attached hydrogens (tertiary/aromatic N) is 1. The third-order valence-electron chi connectivity index (χ3n) is 1.08. The van der Waals surface area contributed by atoms with Gasteiger partial charge >= 0.3 is 0 Å². The summed E-state index contributed by atoms with van der Waals surface area (Å²) in [4.78, 5) is 3.35. The average molecular weight is 320 g/mol. The molecule has 0 fully saturated rings. The highest BCUT2D eigenvalue weighted by molar-refractivity contribution is 14.1. The summed E-state index contributed by atoms with van der Waals surface area (Å²) in [5.41, 5.74) is 0. The fourth-order valence-corrected chi connectivity index (χ4v) is 2.19. The van der Waals surface area contributed by atoms with Crippen LogP contribution in [0.15, 0.2) is 17.2 Å². The first kappa shape index (κ1) is 10.0. The number of rotatable bonds is 1. The Morgan fingerprint density at radius 3 is 2.58 bits per heavy atom. The second-order valence-electron chi connectivity index (χ2n) is 1.91. The van der Waals surface area contributed by atoms with Crippen molar-refractivity contribution in [1.82, 2.24) is 4.98 Å². The highest BCUT2D eigenvalue weighted by Crippen LogP contribution is 2.25. The van der Waals surface area contributed by atoms with Crippen LogP contribution in [0.1, 0.15) is 0 Å². The molecule has 0 aliphatic carbocycles. The van der Waals surface area contributed by atoms with E-state index in [9.17, 15) is 8.42 Å². The van der Waals surface area contributed by atoms with Crippen molar-refractivity contribution in [2.75, 3.05) is 0 Å². The normalized spacial score (nSPS) is 11.5. The maximum atomic E-state index is 10.8. The Kier molecular flexibility index (Phi) is 2.79. The van der Waals surface area contributed by atoms with Crippen LogP contribution in [0, 0.1) is 3.70 Å². The minimum Gasteiger partial charge on any atom is -0.505 e. The van der Waals surface area contributed by atoms with Crippen molar-refractivity contribution < 1.29 is 13.5 Å². The fourth-order valence-electron chi connectivity index (χ4n) is 0.601. The van der Waals surface area contributed by atoms with Gasteiger partial charge in [-0.15, -0.1) is 0 Å². The van der Waals surface area contributed by atoms with Crippen LogP contribution >= 0.6 is 33.3 Å². The van der Waals surface area contributed by atoms with Crippen LogP contribution in [0.4, 0.5) is 0 Å². The average Bonchev–Trinajstić information content (AvgIpc) is 1.92. The van der Waals surface area contributed by atoms with Gasteiger partial charge in [0.05, 0.1) is 6.20 Å². The molecule has 4 nitrogen and oxygen atoms in total. The van der Waals surface area contributed by atoms with Gasteiger partial charge in [-0.2, -0.15) is 0 Å². The lowest BCUT2D eigenvalue weighted by Gasteiger charge is -1.98. The Morgan fingerprint density at radius 1 is 1.58 bits per heavy atom. The predicted molar refractivity (Wildman–Crippen MR) is 51.7 cm³/mol. The zero-order valence-corrected chi connectivity index (χ0v) is 9.26. The Morgan fingerprint density at radius 2 is 2.17 bits per heavy atom. The summed E-state index contributed by atoms with van der Waals surface area (Å²) in [7, 11) is 1.14. The molecule has 0 unspecified atom stereocenters. The van der Waals surface area contributed by atoms with Crippen LogP contribution in [0.2, 0.25) is 0 Å². The molecule has 1 N–H and O–H groups in total. The van der Waals surface area contributed by atoms with Gasteiger partial charge in [-0.3, -0.25) is 0 Å². The van der Waals surface area contributed by atoms with Crippen molar-refractivity contribution in [3.63, 3.8) is 0 Å². The van der Waals surface area contributed by atoms with Gasteiger partial charge in [-0.1, -0.05) is 0 Å². The Hall–Kier alpha value is -0.0800. The summed E-state index contributed by atoms with van der Waals surface area (Å²) in [6, 6.07) is 1.19. The van der Waals surface area contributed by atoms with Crippen molar-refractivity contribution >= 4 is 42.3 Å². The van der Waals surface area contributed by atoms with Crippen molar-refractivity contribution in [1.29, 1.82) is 0 Å². The minimum atomic E-state index is -3.88. The molecular weight excluding hydrogens is 316 g/mol. The van der Waals surface area contributed by atoms with E-state index in [0.29, 0.717) is 3.70 Å². The number of pyridine rings is 1. The quantitative estimate of drug-likeness (QED) is 0.481. The van der Waals surface area contributed by atoms with E-state index < -0.39 is 14.8 Å². The zero-order chi connectivity index (χ0) is 9.35. The van der Waals surface area contributed by atoms with Gasteiger partial charge < -0.3 is 5.11 Å². The summed E-state index contributed by atoms with van der Waals surface area (Å²) < 4.78 is 22.0. The Bertz CT molecular complexity index is 405. The molecule has 0 aromatic carbocycles. The van der Waals surface area contributed by atoms with Gasteiger partial charge in [-0.25, -0.2) is 13.4 Å². The van der Waals surface area contributed by atoms with Gasteiger partial charge in [0.1, 0.15) is 8.60 Å². The molecule has 0 atom stereocenters. The molecule has 1 heterocycles. The van der Waals surface area contributed by atoms with E-state index in [0.717, 1.165) is 6.20 Å². The van der Waals surface area contributed by atoms with Crippen LogP contribution in [-0.4, -0.2) is 18.5 Å². The summed E-state index contributed by atoms with van der Waals surface area (Å²) in [5.74, 6) is -0.439. The number of halogens is 2. The van der Waals surface area contributed by atoms with Crippen molar-refractivity contribution in [2.24, 2.45) is 0 Å². The Labute approximate surface area is 87.1 Å². The maximum Gasteiger partial charge on any atom is 0.265 e. The first-order valence-electron chi connectivity index (χ1n) is 2.70. The number of aromatic hydroxyl groups is 1. The molecular formula is C5H3ClINO3S. The summed E-state index contributed by atoms with van der Waals surface area (Å²) in [6.45, 7) is 0. The zero-order valence-electron chi connectivity index (χ0n) is 5.53. The van der Waals surface area contributed by atoms with Crippen LogP contribution in [0.25, 0.3) is 0 Å². The van der Waals surface area contributed by atoms with E-state index in [-0.39, 0.29) is 4.90 Å². The Balaban J connectivity index is 3.43. The smallest absolute Gasteiger partial charge is 0.265 e. The van der Waals surface area contributed by atoms with Crippen LogP contribution in [0.3, 0.4) is 0 Å². The van der Waals surface area contributed by atoms with Gasteiger partial charge in [0, 0.05) is 10.7 Å². The molecule has 0 spiro atoms. The molecule has 7 heteroatoms. The SMILES string of the molecule is O=S(=O)(Cl)c1cc(I)ncc1O. The van der Waals surface area contributed by atoms with E-state index in [4.69, 9.17) is 15.8 Å². The monoisotopic (exact) mass is 319 g/mol. The van der Waals surface area contributed by atoms with E-state index in [1.165, 1.54) is 6.07 Å². The number of hydrogen-bond donors (Lipinski definition) is 1. The highest BCUT2D eigenvalue weighted by atomic mass is 127. The molecule has 0 aliphatic rings. The van der Waals surface area contributed by atoms with E-state index in [1.54, 1.807) is 0 Å². The number of hydrogen-bond acceptors (Lipinski definition) is 4. The maximum absolute atomic E-state index is 10.8.